The number of hydrogen-bond acceptors (Lipinski definition) is 3. The number of carbonyl (C=O) groups is 1. The van der Waals surface area contributed by atoms with E-state index in [9.17, 15) is 4.79 Å². The van der Waals surface area contributed by atoms with Crippen LogP contribution in [-0.2, 0) is 13.0 Å². The standard InChI is InChI=1S/C15H20N4O/c1-10-14(11(2)19-18-10)7-8-17-15(20)13-5-3-12(9-16)4-6-13/h3-6H,7-9,16H2,1-2H3,(H,17,20)(H,18,19). The van der Waals surface area contributed by atoms with Crippen LogP contribution in [0.15, 0.2) is 24.3 Å². The van der Waals surface area contributed by atoms with Gasteiger partial charge in [0.2, 0.25) is 0 Å². The highest BCUT2D eigenvalue weighted by atomic mass is 16.1. The van der Waals surface area contributed by atoms with E-state index in [4.69, 9.17) is 5.73 Å². The molecule has 20 heavy (non-hydrogen) atoms. The maximum atomic E-state index is 12.0. The molecule has 0 saturated carbocycles. The lowest BCUT2D eigenvalue weighted by atomic mass is 10.1. The van der Waals surface area contributed by atoms with Crippen molar-refractivity contribution >= 4 is 5.91 Å². The minimum atomic E-state index is -0.0626. The summed E-state index contributed by atoms with van der Waals surface area (Å²) >= 11 is 0. The van der Waals surface area contributed by atoms with E-state index in [1.54, 1.807) is 12.1 Å². The Kier molecular flexibility index (Phi) is 4.53. The van der Waals surface area contributed by atoms with Gasteiger partial charge in [-0.05, 0) is 43.5 Å². The van der Waals surface area contributed by atoms with Crippen LogP contribution in [-0.4, -0.2) is 22.6 Å². The highest BCUT2D eigenvalue weighted by Gasteiger charge is 2.08. The van der Waals surface area contributed by atoms with Crippen molar-refractivity contribution in [3.05, 3.63) is 52.3 Å². The van der Waals surface area contributed by atoms with Crippen molar-refractivity contribution in [3.8, 4) is 0 Å². The lowest BCUT2D eigenvalue weighted by molar-refractivity contribution is 0.0954. The zero-order valence-corrected chi connectivity index (χ0v) is 11.9. The first-order chi connectivity index (χ1) is 9.61. The minimum absolute atomic E-state index is 0.0626. The summed E-state index contributed by atoms with van der Waals surface area (Å²) in [6.07, 6.45) is 0.779. The lowest BCUT2D eigenvalue weighted by Gasteiger charge is -2.06. The minimum Gasteiger partial charge on any atom is -0.352 e. The fraction of sp³-hybridized carbons (Fsp3) is 0.333. The van der Waals surface area contributed by atoms with Gasteiger partial charge in [-0.2, -0.15) is 5.10 Å². The van der Waals surface area contributed by atoms with Crippen LogP contribution in [0.5, 0.6) is 0 Å². The first kappa shape index (κ1) is 14.3. The van der Waals surface area contributed by atoms with Crippen LogP contribution in [0.3, 0.4) is 0 Å². The third-order valence-corrected chi connectivity index (χ3v) is 3.39. The van der Waals surface area contributed by atoms with Gasteiger partial charge < -0.3 is 11.1 Å². The number of nitrogens with zero attached hydrogens (tertiary/aromatic N) is 1. The summed E-state index contributed by atoms with van der Waals surface area (Å²) < 4.78 is 0. The summed E-state index contributed by atoms with van der Waals surface area (Å²) in [5, 5.41) is 10.0. The Morgan fingerprint density at radius 2 is 2.00 bits per heavy atom. The Labute approximate surface area is 118 Å². The molecule has 1 aromatic heterocycles. The van der Waals surface area contributed by atoms with Gasteiger partial charge in [0.05, 0.1) is 5.69 Å². The second kappa shape index (κ2) is 6.34. The summed E-state index contributed by atoms with van der Waals surface area (Å²) in [5.74, 6) is -0.0626. The zero-order valence-electron chi connectivity index (χ0n) is 11.9. The molecule has 4 N–H and O–H groups in total. The smallest absolute Gasteiger partial charge is 0.251 e. The van der Waals surface area contributed by atoms with Gasteiger partial charge in [0.15, 0.2) is 0 Å². The first-order valence-electron chi connectivity index (χ1n) is 6.69. The van der Waals surface area contributed by atoms with Crippen LogP contribution in [0.1, 0.15) is 32.9 Å². The fourth-order valence-electron chi connectivity index (χ4n) is 2.14. The molecule has 5 nitrogen and oxygen atoms in total. The molecule has 0 spiro atoms. The van der Waals surface area contributed by atoms with Crippen molar-refractivity contribution in [2.45, 2.75) is 26.8 Å². The van der Waals surface area contributed by atoms with Gasteiger partial charge in [0.25, 0.3) is 5.91 Å². The Hall–Kier alpha value is -2.14. The van der Waals surface area contributed by atoms with E-state index >= 15 is 0 Å². The molecule has 106 valence electrons. The second-order valence-electron chi connectivity index (χ2n) is 4.82. The van der Waals surface area contributed by atoms with Gasteiger partial charge in [-0.25, -0.2) is 0 Å². The average Bonchev–Trinajstić information content (AvgIpc) is 2.79. The average molecular weight is 272 g/mol. The Morgan fingerprint density at radius 1 is 1.30 bits per heavy atom. The molecule has 0 radical (unpaired) electrons. The van der Waals surface area contributed by atoms with E-state index in [2.05, 4.69) is 15.5 Å². The van der Waals surface area contributed by atoms with E-state index in [1.807, 2.05) is 26.0 Å². The normalized spacial score (nSPS) is 10.6. The topological polar surface area (TPSA) is 83.8 Å². The molecule has 0 aliphatic heterocycles. The maximum absolute atomic E-state index is 12.0. The molecule has 0 bridgehead atoms. The highest BCUT2D eigenvalue weighted by Crippen LogP contribution is 2.09. The number of amides is 1. The number of H-pyrrole nitrogens is 1. The molecule has 0 aliphatic carbocycles. The van der Waals surface area contributed by atoms with Crippen LogP contribution in [0.25, 0.3) is 0 Å². The third kappa shape index (κ3) is 3.24. The van der Waals surface area contributed by atoms with Crippen molar-refractivity contribution in [2.24, 2.45) is 5.73 Å². The van der Waals surface area contributed by atoms with Crippen LogP contribution in [0.4, 0.5) is 0 Å². The van der Waals surface area contributed by atoms with Crippen molar-refractivity contribution in [2.75, 3.05) is 6.54 Å². The molecule has 0 fully saturated rings. The Bertz CT molecular complexity index is 567. The summed E-state index contributed by atoms with van der Waals surface area (Å²) in [7, 11) is 0. The maximum Gasteiger partial charge on any atom is 0.251 e. The van der Waals surface area contributed by atoms with Gasteiger partial charge in [0.1, 0.15) is 0 Å². The number of aromatic nitrogens is 2. The summed E-state index contributed by atoms with van der Waals surface area (Å²) in [6.45, 7) is 5.04. The summed E-state index contributed by atoms with van der Waals surface area (Å²) in [4.78, 5) is 12.0. The molecule has 0 atom stereocenters. The van der Waals surface area contributed by atoms with E-state index in [0.717, 1.165) is 23.4 Å². The number of benzene rings is 1. The van der Waals surface area contributed by atoms with Gasteiger partial charge >= 0.3 is 0 Å². The van der Waals surface area contributed by atoms with Gasteiger partial charge in [-0.15, -0.1) is 0 Å². The molecule has 2 aromatic rings. The molecule has 5 heteroatoms. The summed E-state index contributed by atoms with van der Waals surface area (Å²) in [6, 6.07) is 7.34. The number of aromatic amines is 1. The van der Waals surface area contributed by atoms with E-state index in [1.165, 1.54) is 5.56 Å². The number of hydrogen-bond donors (Lipinski definition) is 3. The highest BCUT2D eigenvalue weighted by molar-refractivity contribution is 5.94. The molecule has 1 aromatic carbocycles. The Balaban J connectivity index is 1.89. The van der Waals surface area contributed by atoms with Gasteiger partial charge in [0, 0.05) is 24.3 Å². The molecule has 0 aliphatic rings. The van der Waals surface area contributed by atoms with E-state index in [0.29, 0.717) is 18.7 Å². The molecular weight excluding hydrogens is 252 g/mol. The fourth-order valence-corrected chi connectivity index (χ4v) is 2.14. The third-order valence-electron chi connectivity index (χ3n) is 3.39. The zero-order chi connectivity index (χ0) is 14.5. The molecule has 2 rings (SSSR count). The largest absolute Gasteiger partial charge is 0.352 e. The van der Waals surface area contributed by atoms with Crippen LogP contribution in [0, 0.1) is 13.8 Å². The monoisotopic (exact) mass is 272 g/mol. The quantitative estimate of drug-likeness (QED) is 0.770. The van der Waals surface area contributed by atoms with E-state index < -0.39 is 0 Å². The number of rotatable bonds is 5. The van der Waals surface area contributed by atoms with Crippen molar-refractivity contribution in [1.29, 1.82) is 0 Å². The number of carbonyl (C=O) groups excluding carboxylic acids is 1. The van der Waals surface area contributed by atoms with Crippen LogP contribution >= 0.6 is 0 Å². The second-order valence-corrected chi connectivity index (χ2v) is 4.82. The predicted molar refractivity (Wildman–Crippen MR) is 78.4 cm³/mol. The summed E-state index contributed by atoms with van der Waals surface area (Å²) in [5.41, 5.74) is 10.4. The van der Waals surface area contributed by atoms with E-state index in [-0.39, 0.29) is 5.91 Å². The Morgan fingerprint density at radius 3 is 2.55 bits per heavy atom. The van der Waals surface area contributed by atoms with Gasteiger partial charge in [-0.1, -0.05) is 12.1 Å². The molecule has 0 saturated heterocycles. The van der Waals surface area contributed by atoms with Crippen molar-refractivity contribution in [1.82, 2.24) is 15.5 Å². The lowest BCUT2D eigenvalue weighted by Crippen LogP contribution is -2.25. The molecule has 0 unspecified atom stereocenters. The number of nitrogens with two attached hydrogens (primary N) is 1. The van der Waals surface area contributed by atoms with Crippen LogP contribution in [0.2, 0.25) is 0 Å². The first-order valence-corrected chi connectivity index (χ1v) is 6.69. The predicted octanol–water partition coefficient (Wildman–Crippen LogP) is 1.46. The van der Waals surface area contributed by atoms with Gasteiger partial charge in [-0.3, -0.25) is 9.89 Å². The number of nitrogens with one attached hydrogen (secondary N) is 2. The number of aryl methyl sites for hydroxylation is 2. The van der Waals surface area contributed by atoms with Crippen LogP contribution < -0.4 is 11.1 Å². The molecule has 1 heterocycles. The molecular formula is C15H20N4O. The van der Waals surface area contributed by atoms with Crippen molar-refractivity contribution in [3.63, 3.8) is 0 Å². The SMILES string of the molecule is Cc1n[nH]c(C)c1CCNC(=O)c1ccc(CN)cc1. The molecule has 1 amide bonds. The van der Waals surface area contributed by atoms with Crippen molar-refractivity contribution < 1.29 is 4.79 Å².